The second-order valence-electron chi connectivity index (χ2n) is 3.59. The molecule has 0 bridgehead atoms. The van der Waals surface area contributed by atoms with Gasteiger partial charge in [-0.25, -0.2) is 4.79 Å². The van der Waals surface area contributed by atoms with Crippen molar-refractivity contribution >= 4 is 5.97 Å². The van der Waals surface area contributed by atoms with Gasteiger partial charge in [0.25, 0.3) is 0 Å². The van der Waals surface area contributed by atoms with Gasteiger partial charge in [0, 0.05) is 12.1 Å². The molecule has 1 rings (SSSR count). The van der Waals surface area contributed by atoms with Crippen LogP contribution in [-0.2, 0) is 19.0 Å². The summed E-state index contributed by atoms with van der Waals surface area (Å²) in [6.45, 7) is 5.05. The molecule has 0 radical (unpaired) electrons. The molecule has 0 saturated carbocycles. The van der Waals surface area contributed by atoms with Gasteiger partial charge in [-0.2, -0.15) is 0 Å². The number of carbonyl (C=O) groups excluding carboxylic acids is 1. The fourth-order valence-electron chi connectivity index (χ4n) is 1.51. The van der Waals surface area contributed by atoms with Gasteiger partial charge in [0.15, 0.2) is 6.29 Å². The molecule has 1 heterocycles. The first-order chi connectivity index (χ1) is 7.65. The smallest absolute Gasteiger partial charge is 0.335 e. The topological polar surface area (TPSA) is 70.8 Å². The van der Waals surface area contributed by atoms with E-state index in [1.165, 1.54) is 0 Å². The second-order valence-corrected chi connectivity index (χ2v) is 3.59. The van der Waals surface area contributed by atoms with E-state index in [2.05, 4.69) is 0 Å². The van der Waals surface area contributed by atoms with E-state index in [1.54, 1.807) is 13.8 Å². The van der Waals surface area contributed by atoms with E-state index in [9.17, 15) is 4.79 Å². The summed E-state index contributed by atoms with van der Waals surface area (Å²) < 4.78 is 15.5. The van der Waals surface area contributed by atoms with E-state index >= 15 is 0 Å². The Hall–Kier alpha value is -1.07. The van der Waals surface area contributed by atoms with Crippen LogP contribution in [0.25, 0.3) is 0 Å². The molecule has 16 heavy (non-hydrogen) atoms. The van der Waals surface area contributed by atoms with Crippen molar-refractivity contribution < 1.29 is 19.0 Å². The van der Waals surface area contributed by atoms with Gasteiger partial charge in [-0.05, 0) is 20.3 Å². The van der Waals surface area contributed by atoms with E-state index in [0.29, 0.717) is 43.9 Å². The minimum Gasteiger partial charge on any atom is -0.463 e. The Morgan fingerprint density at radius 1 is 1.44 bits per heavy atom. The Morgan fingerprint density at radius 3 is 2.56 bits per heavy atom. The summed E-state index contributed by atoms with van der Waals surface area (Å²) in [6, 6.07) is 0. The molecule has 0 spiro atoms. The number of rotatable bonds is 5. The minimum absolute atomic E-state index is 0.219. The normalized spacial score (nSPS) is 18.4. The van der Waals surface area contributed by atoms with E-state index in [4.69, 9.17) is 19.9 Å². The monoisotopic (exact) mass is 229 g/mol. The van der Waals surface area contributed by atoms with Crippen LogP contribution in [0.15, 0.2) is 11.3 Å². The number of carbonyl (C=O) groups is 1. The zero-order chi connectivity index (χ0) is 12.0. The van der Waals surface area contributed by atoms with Gasteiger partial charge in [-0.15, -0.1) is 0 Å². The van der Waals surface area contributed by atoms with E-state index < -0.39 is 0 Å². The summed E-state index contributed by atoms with van der Waals surface area (Å²) in [7, 11) is 0. The van der Waals surface area contributed by atoms with Crippen LogP contribution in [0.1, 0.15) is 26.7 Å². The van der Waals surface area contributed by atoms with Crippen LogP contribution >= 0.6 is 0 Å². The lowest BCUT2D eigenvalue weighted by molar-refractivity contribution is -0.138. The molecule has 0 aromatic rings. The summed E-state index contributed by atoms with van der Waals surface area (Å²) in [6.07, 6.45) is 0.929. The Bertz CT molecular complexity index is 265. The first-order valence-electron chi connectivity index (χ1n) is 5.50. The predicted octanol–water partition coefficient (Wildman–Crippen LogP) is 0.935. The first kappa shape index (κ1) is 13.0. The van der Waals surface area contributed by atoms with Crippen molar-refractivity contribution in [3.63, 3.8) is 0 Å². The summed E-state index contributed by atoms with van der Waals surface area (Å²) in [4.78, 5) is 11.5. The molecular formula is C11H19NO4. The van der Waals surface area contributed by atoms with Gasteiger partial charge in [0.1, 0.15) is 0 Å². The maximum absolute atomic E-state index is 11.5. The van der Waals surface area contributed by atoms with Gasteiger partial charge in [0.05, 0.1) is 25.4 Å². The van der Waals surface area contributed by atoms with Crippen molar-refractivity contribution in [2.45, 2.75) is 33.0 Å². The summed E-state index contributed by atoms with van der Waals surface area (Å²) in [5, 5.41) is 0. The number of hydrogen-bond donors (Lipinski definition) is 1. The SMILES string of the molecule is CCOC(=O)/C(CCC1OCCO1)=C(/C)N. The van der Waals surface area contributed by atoms with E-state index in [0.717, 1.165) is 0 Å². The Balaban J connectivity index is 2.45. The second kappa shape index (κ2) is 6.50. The lowest BCUT2D eigenvalue weighted by Crippen LogP contribution is -2.16. The van der Waals surface area contributed by atoms with Crippen molar-refractivity contribution in [3.05, 3.63) is 11.3 Å². The highest BCUT2D eigenvalue weighted by molar-refractivity contribution is 5.89. The molecule has 1 aliphatic rings. The highest BCUT2D eigenvalue weighted by atomic mass is 16.7. The maximum atomic E-state index is 11.5. The standard InChI is InChI=1S/C11H19NO4/c1-3-14-11(13)9(8(2)12)4-5-10-15-6-7-16-10/h10H,3-7,12H2,1-2H3/b9-8-. The van der Waals surface area contributed by atoms with Gasteiger partial charge >= 0.3 is 5.97 Å². The zero-order valence-electron chi connectivity index (χ0n) is 9.82. The molecule has 0 aromatic carbocycles. The summed E-state index contributed by atoms with van der Waals surface area (Å²) >= 11 is 0. The molecule has 0 unspecified atom stereocenters. The number of ether oxygens (including phenoxy) is 3. The molecule has 0 amide bonds. The largest absolute Gasteiger partial charge is 0.463 e. The summed E-state index contributed by atoms with van der Waals surface area (Å²) in [5.74, 6) is -0.347. The predicted molar refractivity (Wildman–Crippen MR) is 58.4 cm³/mol. The van der Waals surface area contributed by atoms with E-state index in [1.807, 2.05) is 0 Å². The average molecular weight is 229 g/mol. The third-order valence-corrected chi connectivity index (χ3v) is 2.32. The van der Waals surface area contributed by atoms with Crippen LogP contribution in [0.2, 0.25) is 0 Å². The van der Waals surface area contributed by atoms with Crippen LogP contribution in [0, 0.1) is 0 Å². The highest BCUT2D eigenvalue weighted by Crippen LogP contribution is 2.16. The number of esters is 1. The number of hydrogen-bond acceptors (Lipinski definition) is 5. The van der Waals surface area contributed by atoms with Crippen LogP contribution < -0.4 is 5.73 Å². The first-order valence-corrected chi connectivity index (χ1v) is 5.50. The molecule has 0 atom stereocenters. The third kappa shape index (κ3) is 3.83. The van der Waals surface area contributed by atoms with E-state index in [-0.39, 0.29) is 12.3 Å². The van der Waals surface area contributed by atoms with Gasteiger partial charge in [0.2, 0.25) is 0 Å². The Labute approximate surface area is 95.5 Å². The van der Waals surface area contributed by atoms with Crippen LogP contribution in [0.4, 0.5) is 0 Å². The highest BCUT2D eigenvalue weighted by Gasteiger charge is 2.19. The van der Waals surface area contributed by atoms with Crippen LogP contribution in [-0.4, -0.2) is 32.1 Å². The fourth-order valence-corrected chi connectivity index (χ4v) is 1.51. The lowest BCUT2D eigenvalue weighted by atomic mass is 10.1. The quantitative estimate of drug-likeness (QED) is 0.561. The third-order valence-electron chi connectivity index (χ3n) is 2.32. The number of nitrogens with two attached hydrogens (primary N) is 1. The Morgan fingerprint density at radius 2 is 2.06 bits per heavy atom. The van der Waals surface area contributed by atoms with Crippen molar-refractivity contribution in [3.8, 4) is 0 Å². The van der Waals surface area contributed by atoms with Crippen molar-refractivity contribution in [1.29, 1.82) is 0 Å². The lowest BCUT2D eigenvalue weighted by Gasteiger charge is -2.11. The molecule has 2 N–H and O–H groups in total. The fraction of sp³-hybridized carbons (Fsp3) is 0.727. The van der Waals surface area contributed by atoms with Crippen molar-refractivity contribution in [2.75, 3.05) is 19.8 Å². The summed E-state index contributed by atoms with van der Waals surface area (Å²) in [5.41, 5.74) is 6.66. The molecule has 5 nitrogen and oxygen atoms in total. The van der Waals surface area contributed by atoms with Gasteiger partial charge in [-0.3, -0.25) is 0 Å². The number of allylic oxidation sites excluding steroid dienone is 1. The van der Waals surface area contributed by atoms with Crippen LogP contribution in [0.3, 0.4) is 0 Å². The maximum Gasteiger partial charge on any atom is 0.335 e. The van der Waals surface area contributed by atoms with Gasteiger partial charge < -0.3 is 19.9 Å². The molecule has 1 saturated heterocycles. The molecule has 1 aliphatic heterocycles. The van der Waals surface area contributed by atoms with Crippen molar-refractivity contribution in [1.82, 2.24) is 0 Å². The average Bonchev–Trinajstić information content (AvgIpc) is 2.70. The molecule has 0 aromatic heterocycles. The minimum atomic E-state index is -0.347. The molecule has 1 fully saturated rings. The molecule has 92 valence electrons. The zero-order valence-corrected chi connectivity index (χ0v) is 9.82. The van der Waals surface area contributed by atoms with Crippen molar-refractivity contribution in [2.24, 2.45) is 5.73 Å². The molecule has 0 aliphatic carbocycles. The van der Waals surface area contributed by atoms with Crippen LogP contribution in [0.5, 0.6) is 0 Å². The Kier molecular flexibility index (Phi) is 5.28. The molecule has 5 heteroatoms. The molecular weight excluding hydrogens is 210 g/mol. The van der Waals surface area contributed by atoms with Gasteiger partial charge in [-0.1, -0.05) is 0 Å².